The van der Waals surface area contributed by atoms with Gasteiger partial charge in [0.1, 0.15) is 6.04 Å². The SMILES string of the molecule is COC(=O)[C@@H](CC(C)C)NC(=O)CSc1nc2ccc(C)cc2[nH]1. The van der Waals surface area contributed by atoms with Gasteiger partial charge in [-0.05, 0) is 37.0 Å². The van der Waals surface area contributed by atoms with E-state index < -0.39 is 12.0 Å². The summed E-state index contributed by atoms with van der Waals surface area (Å²) in [5, 5.41) is 3.42. The van der Waals surface area contributed by atoms with Crippen LogP contribution in [-0.2, 0) is 14.3 Å². The molecule has 0 unspecified atom stereocenters. The summed E-state index contributed by atoms with van der Waals surface area (Å²) in [6.45, 7) is 6.00. The van der Waals surface area contributed by atoms with Crippen molar-refractivity contribution in [1.29, 1.82) is 0 Å². The van der Waals surface area contributed by atoms with Crippen LogP contribution in [0.25, 0.3) is 11.0 Å². The number of H-pyrrole nitrogens is 1. The zero-order valence-electron chi connectivity index (χ0n) is 14.4. The largest absolute Gasteiger partial charge is 0.467 e. The zero-order valence-corrected chi connectivity index (χ0v) is 15.2. The number of ether oxygens (including phenoxy) is 1. The number of esters is 1. The number of methoxy groups -OCH3 is 1. The van der Waals surface area contributed by atoms with Crippen LogP contribution in [0.1, 0.15) is 25.8 Å². The van der Waals surface area contributed by atoms with E-state index in [-0.39, 0.29) is 17.6 Å². The minimum Gasteiger partial charge on any atom is -0.467 e. The molecular formula is C17H23N3O3S. The summed E-state index contributed by atoms with van der Waals surface area (Å²) in [6.07, 6.45) is 0.549. The molecule has 1 heterocycles. The van der Waals surface area contributed by atoms with Crippen molar-refractivity contribution >= 4 is 34.7 Å². The molecule has 0 aliphatic heterocycles. The maximum absolute atomic E-state index is 12.1. The predicted octanol–water partition coefficient (Wildman–Crippen LogP) is 2.67. The van der Waals surface area contributed by atoms with Gasteiger partial charge in [-0.2, -0.15) is 0 Å². The van der Waals surface area contributed by atoms with Crippen molar-refractivity contribution < 1.29 is 14.3 Å². The highest BCUT2D eigenvalue weighted by molar-refractivity contribution is 7.99. The van der Waals surface area contributed by atoms with E-state index in [1.807, 2.05) is 39.0 Å². The number of aromatic amines is 1. The van der Waals surface area contributed by atoms with Gasteiger partial charge in [0.05, 0.1) is 23.9 Å². The fraction of sp³-hybridized carbons (Fsp3) is 0.471. The van der Waals surface area contributed by atoms with E-state index >= 15 is 0 Å². The molecule has 0 radical (unpaired) electrons. The number of rotatable bonds is 7. The number of imidazole rings is 1. The van der Waals surface area contributed by atoms with Crippen molar-refractivity contribution in [3.8, 4) is 0 Å². The minimum atomic E-state index is -0.610. The lowest BCUT2D eigenvalue weighted by Gasteiger charge is -2.18. The maximum Gasteiger partial charge on any atom is 0.328 e. The first kappa shape index (κ1) is 18.3. The molecule has 1 atom stereocenters. The Morgan fingerprint density at radius 1 is 1.38 bits per heavy atom. The molecule has 0 fully saturated rings. The molecular weight excluding hydrogens is 326 g/mol. The standard InChI is InChI=1S/C17H23N3O3S/c1-10(2)7-14(16(22)23-4)18-15(21)9-24-17-19-12-6-5-11(3)8-13(12)20-17/h5-6,8,10,14H,7,9H2,1-4H3,(H,18,21)(H,19,20)/t14-/m1/s1. The van der Waals surface area contributed by atoms with Crippen molar-refractivity contribution in [3.63, 3.8) is 0 Å². The van der Waals surface area contributed by atoms with Crippen LogP contribution in [-0.4, -0.2) is 40.7 Å². The van der Waals surface area contributed by atoms with Crippen LogP contribution in [0.3, 0.4) is 0 Å². The molecule has 1 amide bonds. The molecule has 2 aromatic rings. The third kappa shape index (κ3) is 4.99. The van der Waals surface area contributed by atoms with E-state index in [1.54, 1.807) is 0 Å². The maximum atomic E-state index is 12.1. The molecule has 2 rings (SSSR count). The molecule has 0 bridgehead atoms. The Kier molecular flexibility index (Phi) is 6.25. The van der Waals surface area contributed by atoms with Crippen LogP contribution < -0.4 is 5.32 Å². The van der Waals surface area contributed by atoms with Gasteiger partial charge in [-0.3, -0.25) is 4.79 Å². The summed E-state index contributed by atoms with van der Waals surface area (Å²) in [5.41, 5.74) is 2.97. The number of nitrogens with zero attached hydrogens (tertiary/aromatic N) is 1. The van der Waals surface area contributed by atoms with E-state index in [4.69, 9.17) is 4.74 Å². The topological polar surface area (TPSA) is 84.1 Å². The van der Waals surface area contributed by atoms with E-state index in [1.165, 1.54) is 18.9 Å². The second-order valence-electron chi connectivity index (χ2n) is 6.12. The number of amides is 1. The molecule has 1 aromatic heterocycles. The fourth-order valence-electron chi connectivity index (χ4n) is 2.37. The van der Waals surface area contributed by atoms with Gasteiger partial charge in [0.15, 0.2) is 5.16 Å². The number of hydrogen-bond donors (Lipinski definition) is 2. The molecule has 7 heteroatoms. The number of fused-ring (bicyclic) bond motifs is 1. The van der Waals surface area contributed by atoms with E-state index in [9.17, 15) is 9.59 Å². The molecule has 2 N–H and O–H groups in total. The van der Waals surface area contributed by atoms with E-state index in [2.05, 4.69) is 15.3 Å². The van der Waals surface area contributed by atoms with Gasteiger partial charge in [-0.25, -0.2) is 9.78 Å². The number of benzene rings is 1. The number of aryl methyl sites for hydroxylation is 1. The average molecular weight is 349 g/mol. The Hall–Kier alpha value is -2.02. The summed E-state index contributed by atoms with van der Waals surface area (Å²) < 4.78 is 4.75. The van der Waals surface area contributed by atoms with Crippen LogP contribution in [0, 0.1) is 12.8 Å². The summed E-state index contributed by atoms with van der Waals surface area (Å²) in [7, 11) is 1.33. The van der Waals surface area contributed by atoms with Crippen molar-refractivity contribution in [3.05, 3.63) is 23.8 Å². The summed E-state index contributed by atoms with van der Waals surface area (Å²) >= 11 is 1.31. The van der Waals surface area contributed by atoms with Crippen LogP contribution in [0.2, 0.25) is 0 Å². The van der Waals surface area contributed by atoms with Crippen molar-refractivity contribution in [1.82, 2.24) is 15.3 Å². The summed E-state index contributed by atoms with van der Waals surface area (Å²) in [6, 6.07) is 5.35. The van der Waals surface area contributed by atoms with Gasteiger partial charge < -0.3 is 15.0 Å². The second kappa shape index (κ2) is 8.19. The Morgan fingerprint density at radius 2 is 2.12 bits per heavy atom. The number of thioether (sulfide) groups is 1. The van der Waals surface area contributed by atoms with Gasteiger partial charge in [0.2, 0.25) is 5.91 Å². The first-order valence-corrected chi connectivity index (χ1v) is 8.84. The number of carbonyl (C=O) groups is 2. The third-order valence-electron chi connectivity index (χ3n) is 3.48. The molecule has 130 valence electrons. The van der Waals surface area contributed by atoms with Crippen molar-refractivity contribution in [2.24, 2.45) is 5.92 Å². The number of hydrogen-bond acceptors (Lipinski definition) is 5. The van der Waals surface area contributed by atoms with Crippen molar-refractivity contribution in [2.75, 3.05) is 12.9 Å². The highest BCUT2D eigenvalue weighted by atomic mass is 32.2. The highest BCUT2D eigenvalue weighted by Gasteiger charge is 2.22. The number of carbonyl (C=O) groups excluding carboxylic acids is 2. The summed E-state index contributed by atoms with van der Waals surface area (Å²) in [4.78, 5) is 31.5. The average Bonchev–Trinajstić information content (AvgIpc) is 2.93. The normalized spacial score (nSPS) is 12.4. The van der Waals surface area contributed by atoms with Crippen LogP contribution >= 0.6 is 11.8 Å². The van der Waals surface area contributed by atoms with Crippen LogP contribution in [0.15, 0.2) is 23.4 Å². The molecule has 0 spiro atoms. The van der Waals surface area contributed by atoms with Crippen molar-refractivity contribution in [2.45, 2.75) is 38.4 Å². The predicted molar refractivity (Wildman–Crippen MR) is 95.0 cm³/mol. The first-order valence-electron chi connectivity index (χ1n) is 7.85. The van der Waals surface area contributed by atoms with E-state index in [0.717, 1.165) is 16.6 Å². The smallest absolute Gasteiger partial charge is 0.328 e. The second-order valence-corrected chi connectivity index (χ2v) is 7.09. The lowest BCUT2D eigenvalue weighted by Crippen LogP contribution is -2.43. The number of nitrogens with one attached hydrogen (secondary N) is 2. The lowest BCUT2D eigenvalue weighted by molar-refractivity contribution is -0.145. The van der Waals surface area contributed by atoms with Crippen LogP contribution in [0.4, 0.5) is 0 Å². The molecule has 1 aromatic carbocycles. The molecule has 0 aliphatic carbocycles. The molecule has 6 nitrogen and oxygen atoms in total. The number of aromatic nitrogens is 2. The highest BCUT2D eigenvalue weighted by Crippen LogP contribution is 2.20. The lowest BCUT2D eigenvalue weighted by atomic mass is 10.0. The van der Waals surface area contributed by atoms with Gasteiger partial charge in [-0.15, -0.1) is 0 Å². The quantitative estimate of drug-likeness (QED) is 0.593. The zero-order chi connectivity index (χ0) is 17.7. The Morgan fingerprint density at radius 3 is 2.79 bits per heavy atom. The Bertz CT molecular complexity index is 727. The first-order chi connectivity index (χ1) is 11.4. The molecule has 0 saturated carbocycles. The molecule has 0 saturated heterocycles. The van der Waals surface area contributed by atoms with Crippen LogP contribution in [0.5, 0.6) is 0 Å². The monoisotopic (exact) mass is 349 g/mol. The third-order valence-corrected chi connectivity index (χ3v) is 4.36. The molecule has 0 aliphatic rings. The fourth-order valence-corrected chi connectivity index (χ4v) is 3.06. The minimum absolute atomic E-state index is 0.185. The van der Waals surface area contributed by atoms with E-state index in [0.29, 0.717) is 11.6 Å². The Balaban J connectivity index is 1.94. The van der Waals surface area contributed by atoms with Gasteiger partial charge in [0.25, 0.3) is 0 Å². The van der Waals surface area contributed by atoms with Gasteiger partial charge in [0, 0.05) is 0 Å². The van der Waals surface area contributed by atoms with Gasteiger partial charge in [-0.1, -0.05) is 31.7 Å². The summed E-state index contributed by atoms with van der Waals surface area (Å²) in [5.74, 6) is -0.167. The molecule has 24 heavy (non-hydrogen) atoms. The Labute approximate surface area is 145 Å². The van der Waals surface area contributed by atoms with Gasteiger partial charge >= 0.3 is 5.97 Å².